The predicted octanol–water partition coefficient (Wildman–Crippen LogP) is 1.91. The standard InChI is InChI=1S/C13H21N3O/c1-2-16(12-5-6-12)9-13-7-11(15-17-13)8-14-10-3-4-10/h7,10,12,14H,2-6,8-9H2,1H3. The fourth-order valence-electron chi connectivity index (χ4n) is 2.19. The highest BCUT2D eigenvalue weighted by Crippen LogP contribution is 2.28. The first-order valence-electron chi connectivity index (χ1n) is 6.77. The molecule has 1 aromatic heterocycles. The van der Waals surface area contributed by atoms with Gasteiger partial charge in [-0.2, -0.15) is 0 Å². The first-order chi connectivity index (χ1) is 8.35. The minimum atomic E-state index is 0.730. The first-order valence-corrected chi connectivity index (χ1v) is 6.77. The normalized spacial score (nSPS) is 20.1. The lowest BCUT2D eigenvalue weighted by Crippen LogP contribution is -2.24. The van der Waals surface area contributed by atoms with E-state index in [1.54, 1.807) is 0 Å². The Bertz CT molecular complexity index is 368. The zero-order chi connectivity index (χ0) is 11.7. The minimum Gasteiger partial charge on any atom is -0.360 e. The van der Waals surface area contributed by atoms with E-state index in [9.17, 15) is 0 Å². The van der Waals surface area contributed by atoms with Gasteiger partial charge in [-0.15, -0.1) is 0 Å². The van der Waals surface area contributed by atoms with Crippen LogP contribution in [0, 0.1) is 0 Å². The summed E-state index contributed by atoms with van der Waals surface area (Å²) in [6.07, 6.45) is 5.32. The largest absolute Gasteiger partial charge is 0.360 e. The zero-order valence-electron chi connectivity index (χ0n) is 10.5. The minimum absolute atomic E-state index is 0.730. The lowest BCUT2D eigenvalue weighted by atomic mass is 10.3. The second-order valence-electron chi connectivity index (χ2n) is 5.23. The molecule has 0 aromatic carbocycles. The Kier molecular flexibility index (Phi) is 3.16. The molecule has 2 aliphatic rings. The van der Waals surface area contributed by atoms with Crippen molar-refractivity contribution in [1.82, 2.24) is 15.4 Å². The van der Waals surface area contributed by atoms with E-state index in [4.69, 9.17) is 4.52 Å². The summed E-state index contributed by atoms with van der Waals surface area (Å²) in [5.74, 6) is 1.01. The van der Waals surface area contributed by atoms with Gasteiger partial charge in [0.05, 0.1) is 12.2 Å². The molecule has 2 fully saturated rings. The predicted molar refractivity (Wildman–Crippen MR) is 65.5 cm³/mol. The van der Waals surface area contributed by atoms with Gasteiger partial charge in [0.25, 0.3) is 0 Å². The zero-order valence-corrected chi connectivity index (χ0v) is 10.5. The third kappa shape index (κ3) is 3.07. The Hall–Kier alpha value is -0.870. The summed E-state index contributed by atoms with van der Waals surface area (Å²) in [7, 11) is 0. The maximum atomic E-state index is 5.40. The SMILES string of the molecule is CCN(Cc1cc(CNC2CC2)no1)C1CC1. The maximum Gasteiger partial charge on any atom is 0.151 e. The average molecular weight is 235 g/mol. The van der Waals surface area contributed by atoms with Gasteiger partial charge in [-0.05, 0) is 32.2 Å². The fraction of sp³-hybridized carbons (Fsp3) is 0.769. The molecule has 2 saturated carbocycles. The van der Waals surface area contributed by atoms with Gasteiger partial charge < -0.3 is 9.84 Å². The highest BCUT2D eigenvalue weighted by atomic mass is 16.5. The van der Waals surface area contributed by atoms with Crippen LogP contribution in [-0.4, -0.2) is 28.7 Å². The van der Waals surface area contributed by atoms with Crippen LogP contribution in [-0.2, 0) is 13.1 Å². The number of aromatic nitrogens is 1. The highest BCUT2D eigenvalue weighted by molar-refractivity contribution is 5.06. The van der Waals surface area contributed by atoms with E-state index in [0.717, 1.165) is 43.2 Å². The number of nitrogens with one attached hydrogen (secondary N) is 1. The molecule has 0 bridgehead atoms. The van der Waals surface area contributed by atoms with Gasteiger partial charge in [0.15, 0.2) is 5.76 Å². The van der Waals surface area contributed by atoms with Gasteiger partial charge >= 0.3 is 0 Å². The molecular formula is C13H21N3O. The van der Waals surface area contributed by atoms with E-state index in [1.165, 1.54) is 25.7 Å². The topological polar surface area (TPSA) is 41.3 Å². The van der Waals surface area contributed by atoms with Crippen molar-refractivity contribution < 1.29 is 4.52 Å². The van der Waals surface area contributed by atoms with Crippen molar-refractivity contribution in [3.8, 4) is 0 Å². The van der Waals surface area contributed by atoms with E-state index in [-0.39, 0.29) is 0 Å². The molecule has 0 amide bonds. The van der Waals surface area contributed by atoms with E-state index in [2.05, 4.69) is 28.4 Å². The van der Waals surface area contributed by atoms with Gasteiger partial charge in [0.1, 0.15) is 0 Å². The van der Waals surface area contributed by atoms with Gasteiger partial charge in [-0.25, -0.2) is 0 Å². The van der Waals surface area contributed by atoms with E-state index in [0.29, 0.717) is 0 Å². The lowest BCUT2D eigenvalue weighted by Gasteiger charge is -2.17. The first kappa shape index (κ1) is 11.2. The maximum absolute atomic E-state index is 5.40. The summed E-state index contributed by atoms with van der Waals surface area (Å²) in [5, 5.41) is 7.57. The smallest absolute Gasteiger partial charge is 0.151 e. The van der Waals surface area contributed by atoms with Crippen molar-refractivity contribution in [2.75, 3.05) is 6.54 Å². The van der Waals surface area contributed by atoms with Crippen molar-refractivity contribution in [2.45, 2.75) is 57.8 Å². The number of nitrogens with zero attached hydrogens (tertiary/aromatic N) is 2. The summed E-state index contributed by atoms with van der Waals surface area (Å²) in [6.45, 7) is 5.08. The quantitative estimate of drug-likeness (QED) is 0.784. The Balaban J connectivity index is 1.51. The van der Waals surface area contributed by atoms with Crippen molar-refractivity contribution in [3.63, 3.8) is 0 Å². The van der Waals surface area contributed by atoms with Crippen molar-refractivity contribution in [1.29, 1.82) is 0 Å². The second-order valence-corrected chi connectivity index (χ2v) is 5.23. The highest BCUT2D eigenvalue weighted by Gasteiger charge is 2.28. The number of hydrogen-bond acceptors (Lipinski definition) is 4. The van der Waals surface area contributed by atoms with Crippen LogP contribution in [0.15, 0.2) is 10.6 Å². The summed E-state index contributed by atoms with van der Waals surface area (Å²) in [4.78, 5) is 2.47. The van der Waals surface area contributed by atoms with Gasteiger partial charge in [0, 0.05) is 24.7 Å². The molecule has 2 aliphatic carbocycles. The molecular weight excluding hydrogens is 214 g/mol. The average Bonchev–Trinajstić information content (AvgIpc) is 3.24. The van der Waals surface area contributed by atoms with Crippen LogP contribution < -0.4 is 5.32 Å². The summed E-state index contributed by atoms with van der Waals surface area (Å²) in [6, 6.07) is 3.62. The Morgan fingerprint density at radius 1 is 1.41 bits per heavy atom. The van der Waals surface area contributed by atoms with Crippen LogP contribution in [0.25, 0.3) is 0 Å². The van der Waals surface area contributed by atoms with E-state index in [1.807, 2.05) is 0 Å². The molecule has 4 nitrogen and oxygen atoms in total. The van der Waals surface area contributed by atoms with Crippen LogP contribution in [0.1, 0.15) is 44.1 Å². The monoisotopic (exact) mass is 235 g/mol. The molecule has 0 spiro atoms. The lowest BCUT2D eigenvalue weighted by molar-refractivity contribution is 0.232. The van der Waals surface area contributed by atoms with Gasteiger partial charge in [-0.3, -0.25) is 4.90 Å². The van der Waals surface area contributed by atoms with E-state index >= 15 is 0 Å². The van der Waals surface area contributed by atoms with Crippen LogP contribution in [0.2, 0.25) is 0 Å². The van der Waals surface area contributed by atoms with Crippen molar-refractivity contribution in [2.24, 2.45) is 0 Å². The number of rotatable bonds is 7. The van der Waals surface area contributed by atoms with Crippen LogP contribution in [0.4, 0.5) is 0 Å². The van der Waals surface area contributed by atoms with Gasteiger partial charge in [0.2, 0.25) is 0 Å². The Morgan fingerprint density at radius 3 is 2.88 bits per heavy atom. The molecule has 3 rings (SSSR count). The summed E-state index contributed by atoms with van der Waals surface area (Å²) >= 11 is 0. The number of hydrogen-bond donors (Lipinski definition) is 1. The molecule has 4 heteroatoms. The Labute approximate surface area is 102 Å². The third-order valence-electron chi connectivity index (χ3n) is 3.59. The third-order valence-corrected chi connectivity index (χ3v) is 3.59. The van der Waals surface area contributed by atoms with Crippen LogP contribution >= 0.6 is 0 Å². The fourth-order valence-corrected chi connectivity index (χ4v) is 2.19. The molecule has 0 unspecified atom stereocenters. The molecule has 1 aromatic rings. The van der Waals surface area contributed by atoms with Crippen LogP contribution in [0.3, 0.4) is 0 Å². The van der Waals surface area contributed by atoms with Crippen molar-refractivity contribution >= 4 is 0 Å². The Morgan fingerprint density at radius 2 is 2.24 bits per heavy atom. The van der Waals surface area contributed by atoms with Crippen LogP contribution in [0.5, 0.6) is 0 Å². The molecule has 94 valence electrons. The summed E-state index contributed by atoms with van der Waals surface area (Å²) in [5.41, 5.74) is 1.04. The molecule has 0 atom stereocenters. The van der Waals surface area contributed by atoms with Crippen molar-refractivity contribution in [3.05, 3.63) is 17.5 Å². The molecule has 1 heterocycles. The molecule has 0 aliphatic heterocycles. The van der Waals surface area contributed by atoms with E-state index < -0.39 is 0 Å². The summed E-state index contributed by atoms with van der Waals surface area (Å²) < 4.78 is 5.40. The molecule has 0 radical (unpaired) electrons. The molecule has 0 saturated heterocycles. The molecule has 1 N–H and O–H groups in total. The molecule has 17 heavy (non-hydrogen) atoms. The second kappa shape index (κ2) is 4.78. The van der Waals surface area contributed by atoms with Gasteiger partial charge in [-0.1, -0.05) is 12.1 Å².